The van der Waals surface area contributed by atoms with Gasteiger partial charge in [-0.15, -0.1) is 0 Å². The van der Waals surface area contributed by atoms with Gasteiger partial charge in [-0.05, 0) is 42.0 Å². The maximum Gasteiger partial charge on any atom is 0.251 e. The molecule has 6 nitrogen and oxygen atoms in total. The zero-order valence-electron chi connectivity index (χ0n) is 13.8. The highest BCUT2D eigenvalue weighted by atomic mass is 16.7. The minimum Gasteiger partial charge on any atom is -0.454 e. The molecule has 1 N–H and O–H groups in total. The Morgan fingerprint density at radius 1 is 1.04 bits per heavy atom. The highest BCUT2D eigenvalue weighted by Gasteiger charge is 2.14. The number of amides is 1. The Morgan fingerprint density at radius 3 is 2.85 bits per heavy atom. The van der Waals surface area contributed by atoms with Crippen LogP contribution in [0.2, 0.25) is 0 Å². The van der Waals surface area contributed by atoms with Crippen LogP contribution in [0.15, 0.2) is 66.9 Å². The summed E-state index contributed by atoms with van der Waals surface area (Å²) < 4.78 is 16.3. The summed E-state index contributed by atoms with van der Waals surface area (Å²) in [6.07, 6.45) is 1.65. The van der Waals surface area contributed by atoms with Crippen LogP contribution in [-0.4, -0.2) is 17.7 Å². The number of ether oxygens (including phenoxy) is 3. The van der Waals surface area contributed by atoms with Gasteiger partial charge in [0.2, 0.25) is 12.7 Å². The summed E-state index contributed by atoms with van der Waals surface area (Å²) in [4.78, 5) is 16.5. The molecule has 4 rings (SSSR count). The third kappa shape index (κ3) is 3.59. The van der Waals surface area contributed by atoms with Crippen LogP contribution in [0.1, 0.15) is 15.9 Å². The van der Waals surface area contributed by atoms with E-state index in [4.69, 9.17) is 14.2 Å². The molecule has 1 aliphatic rings. The van der Waals surface area contributed by atoms with E-state index in [2.05, 4.69) is 10.3 Å². The Balaban J connectivity index is 1.41. The number of carbonyl (C=O) groups is 1. The highest BCUT2D eigenvalue weighted by Crippen LogP contribution is 2.32. The third-order valence-electron chi connectivity index (χ3n) is 3.85. The molecule has 0 radical (unpaired) electrons. The minimum atomic E-state index is -0.186. The maximum atomic E-state index is 12.4. The van der Waals surface area contributed by atoms with Gasteiger partial charge in [-0.3, -0.25) is 4.79 Å². The lowest BCUT2D eigenvalue weighted by molar-refractivity contribution is 0.0950. The average Bonchev–Trinajstić information content (AvgIpc) is 3.15. The molecule has 0 saturated carbocycles. The van der Waals surface area contributed by atoms with Gasteiger partial charge in [0.25, 0.3) is 5.91 Å². The van der Waals surface area contributed by atoms with E-state index in [1.807, 2.05) is 30.3 Å². The van der Waals surface area contributed by atoms with Gasteiger partial charge < -0.3 is 19.5 Å². The second-order valence-electron chi connectivity index (χ2n) is 5.67. The molecule has 1 aromatic heterocycles. The predicted octanol–water partition coefficient (Wildman–Crippen LogP) is 3.53. The van der Waals surface area contributed by atoms with Crippen molar-refractivity contribution in [2.24, 2.45) is 0 Å². The molecule has 0 aliphatic carbocycles. The fourth-order valence-corrected chi connectivity index (χ4v) is 2.56. The number of hydrogen-bond donors (Lipinski definition) is 1. The maximum absolute atomic E-state index is 12.4. The smallest absolute Gasteiger partial charge is 0.251 e. The second kappa shape index (κ2) is 7.14. The number of fused-ring (bicyclic) bond motifs is 1. The summed E-state index contributed by atoms with van der Waals surface area (Å²) >= 11 is 0. The number of aromatic nitrogens is 1. The molecule has 0 saturated heterocycles. The fourth-order valence-electron chi connectivity index (χ4n) is 2.56. The van der Waals surface area contributed by atoms with Crippen LogP contribution in [0, 0.1) is 0 Å². The van der Waals surface area contributed by atoms with Gasteiger partial charge in [0.1, 0.15) is 5.75 Å². The molecule has 0 spiro atoms. The van der Waals surface area contributed by atoms with Crippen LogP contribution in [0.5, 0.6) is 23.1 Å². The van der Waals surface area contributed by atoms with Crippen LogP contribution in [0.3, 0.4) is 0 Å². The number of pyridine rings is 1. The average molecular weight is 348 g/mol. The number of hydrogen-bond acceptors (Lipinski definition) is 5. The van der Waals surface area contributed by atoms with Crippen LogP contribution in [0.4, 0.5) is 0 Å². The molecule has 26 heavy (non-hydrogen) atoms. The Morgan fingerprint density at radius 2 is 1.96 bits per heavy atom. The second-order valence-corrected chi connectivity index (χ2v) is 5.67. The van der Waals surface area contributed by atoms with E-state index in [1.54, 1.807) is 36.5 Å². The van der Waals surface area contributed by atoms with Gasteiger partial charge in [-0.25, -0.2) is 4.98 Å². The van der Waals surface area contributed by atoms with Crippen molar-refractivity contribution in [3.05, 3.63) is 78.0 Å². The minimum absolute atomic E-state index is 0.186. The molecule has 1 aliphatic heterocycles. The van der Waals surface area contributed by atoms with E-state index in [1.165, 1.54) is 0 Å². The lowest BCUT2D eigenvalue weighted by atomic mass is 10.1. The monoisotopic (exact) mass is 348 g/mol. The number of carbonyl (C=O) groups excluding carboxylic acids is 1. The van der Waals surface area contributed by atoms with Crippen molar-refractivity contribution in [3.8, 4) is 23.1 Å². The van der Waals surface area contributed by atoms with E-state index in [0.717, 1.165) is 11.3 Å². The number of nitrogens with one attached hydrogen (secondary N) is 1. The van der Waals surface area contributed by atoms with E-state index in [0.29, 0.717) is 29.5 Å². The lowest BCUT2D eigenvalue weighted by Crippen LogP contribution is -2.22. The first-order valence-corrected chi connectivity index (χ1v) is 8.13. The molecule has 0 atom stereocenters. The topological polar surface area (TPSA) is 69.7 Å². The van der Waals surface area contributed by atoms with Crippen molar-refractivity contribution >= 4 is 5.91 Å². The fraction of sp³-hybridized carbons (Fsp3) is 0.100. The molecule has 0 bridgehead atoms. The van der Waals surface area contributed by atoms with E-state index in [9.17, 15) is 4.79 Å². The van der Waals surface area contributed by atoms with E-state index < -0.39 is 0 Å². The van der Waals surface area contributed by atoms with Crippen LogP contribution < -0.4 is 19.5 Å². The molecule has 1 amide bonds. The van der Waals surface area contributed by atoms with Crippen LogP contribution in [0.25, 0.3) is 0 Å². The summed E-state index contributed by atoms with van der Waals surface area (Å²) in [7, 11) is 0. The standard InChI is InChI=1S/C20H16N2O4/c23-20(22-12-14-7-8-17-18(10-14)25-13-24-17)15-4-3-5-16(11-15)26-19-6-1-2-9-21-19/h1-11H,12-13H2,(H,22,23). The summed E-state index contributed by atoms with van der Waals surface area (Å²) in [5.41, 5.74) is 1.45. The van der Waals surface area contributed by atoms with Gasteiger partial charge in [0.05, 0.1) is 0 Å². The number of benzene rings is 2. The number of rotatable bonds is 5. The third-order valence-corrected chi connectivity index (χ3v) is 3.85. The first-order valence-electron chi connectivity index (χ1n) is 8.13. The normalized spacial score (nSPS) is 11.8. The number of nitrogens with zero attached hydrogens (tertiary/aromatic N) is 1. The molecule has 130 valence electrons. The zero-order valence-corrected chi connectivity index (χ0v) is 13.8. The summed E-state index contributed by atoms with van der Waals surface area (Å²) in [5, 5.41) is 2.89. The molecular weight excluding hydrogens is 332 g/mol. The van der Waals surface area contributed by atoms with Crippen molar-refractivity contribution in [3.63, 3.8) is 0 Å². The first-order chi connectivity index (χ1) is 12.8. The lowest BCUT2D eigenvalue weighted by Gasteiger charge is -2.08. The first kappa shape index (κ1) is 16.0. The van der Waals surface area contributed by atoms with Gasteiger partial charge in [0.15, 0.2) is 11.5 Å². The molecular formula is C20H16N2O4. The molecule has 0 fully saturated rings. The summed E-state index contributed by atoms with van der Waals surface area (Å²) in [6.45, 7) is 0.620. The summed E-state index contributed by atoms with van der Waals surface area (Å²) in [5.74, 6) is 2.26. The molecule has 6 heteroatoms. The van der Waals surface area contributed by atoms with Gasteiger partial charge in [-0.2, -0.15) is 0 Å². The molecule has 2 aromatic carbocycles. The molecule has 3 aromatic rings. The van der Waals surface area contributed by atoms with Gasteiger partial charge >= 0.3 is 0 Å². The van der Waals surface area contributed by atoms with Crippen molar-refractivity contribution < 1.29 is 19.0 Å². The van der Waals surface area contributed by atoms with Gasteiger partial charge in [-0.1, -0.05) is 18.2 Å². The van der Waals surface area contributed by atoms with E-state index >= 15 is 0 Å². The Labute approximate surface area is 150 Å². The van der Waals surface area contributed by atoms with Crippen molar-refractivity contribution in [1.82, 2.24) is 10.3 Å². The Kier molecular flexibility index (Phi) is 4.38. The highest BCUT2D eigenvalue weighted by molar-refractivity contribution is 5.94. The quantitative estimate of drug-likeness (QED) is 0.764. The molecule has 2 heterocycles. The van der Waals surface area contributed by atoms with E-state index in [-0.39, 0.29) is 12.7 Å². The summed E-state index contributed by atoms with van der Waals surface area (Å²) in [6, 6.07) is 18.0. The Hall–Kier alpha value is -3.54. The van der Waals surface area contributed by atoms with Crippen molar-refractivity contribution in [1.29, 1.82) is 0 Å². The van der Waals surface area contributed by atoms with Crippen LogP contribution >= 0.6 is 0 Å². The SMILES string of the molecule is O=C(NCc1ccc2c(c1)OCO2)c1cccc(Oc2ccccn2)c1. The van der Waals surface area contributed by atoms with Crippen molar-refractivity contribution in [2.45, 2.75) is 6.54 Å². The zero-order chi connectivity index (χ0) is 17.8. The van der Waals surface area contributed by atoms with Crippen LogP contribution in [-0.2, 0) is 6.54 Å². The predicted molar refractivity (Wildman–Crippen MR) is 94.5 cm³/mol. The van der Waals surface area contributed by atoms with Crippen molar-refractivity contribution in [2.75, 3.05) is 6.79 Å². The largest absolute Gasteiger partial charge is 0.454 e. The Bertz CT molecular complexity index is 928. The molecule has 0 unspecified atom stereocenters. The van der Waals surface area contributed by atoms with Gasteiger partial charge in [0, 0.05) is 24.4 Å².